The third-order valence-corrected chi connectivity index (χ3v) is 5.49. The van der Waals surface area contributed by atoms with Crippen LogP contribution in [-0.4, -0.2) is 48.1 Å². The zero-order valence-corrected chi connectivity index (χ0v) is 16.9. The summed E-state index contributed by atoms with van der Waals surface area (Å²) in [7, 11) is 3.16. The fourth-order valence-corrected chi connectivity index (χ4v) is 3.89. The van der Waals surface area contributed by atoms with Gasteiger partial charge < -0.3 is 14.4 Å². The Bertz CT molecular complexity index is 978. The molecule has 2 heterocycles. The van der Waals surface area contributed by atoms with Gasteiger partial charge in [0.1, 0.15) is 5.69 Å². The molecule has 0 bridgehead atoms. The third-order valence-electron chi connectivity index (χ3n) is 5.49. The van der Waals surface area contributed by atoms with E-state index < -0.39 is 6.29 Å². The number of H-pyrrole nitrogens is 1. The van der Waals surface area contributed by atoms with Crippen LogP contribution in [0.2, 0.25) is 0 Å². The number of benzene rings is 2. The Labute approximate surface area is 170 Å². The first-order chi connectivity index (χ1) is 14.2. The number of carbonyl (C=O) groups is 1. The summed E-state index contributed by atoms with van der Waals surface area (Å²) in [6.07, 6.45) is 0.461. The number of hydrogen-bond donors (Lipinski definition) is 1. The van der Waals surface area contributed by atoms with Crippen LogP contribution < -0.4 is 0 Å². The molecule has 6 heteroatoms. The first-order valence-electron chi connectivity index (χ1n) is 9.77. The van der Waals surface area contributed by atoms with Crippen LogP contribution in [0.5, 0.6) is 0 Å². The summed E-state index contributed by atoms with van der Waals surface area (Å²) in [4.78, 5) is 15.1. The van der Waals surface area contributed by atoms with Gasteiger partial charge in [0.25, 0.3) is 5.91 Å². The number of amides is 1. The molecule has 150 valence electrons. The number of carbonyl (C=O) groups excluding carboxylic acids is 1. The second-order valence-corrected chi connectivity index (χ2v) is 7.08. The number of nitrogens with zero attached hydrogens (tertiary/aromatic N) is 2. The summed E-state index contributed by atoms with van der Waals surface area (Å²) in [5.41, 5.74) is 5.50. The van der Waals surface area contributed by atoms with Gasteiger partial charge in [0.2, 0.25) is 0 Å². The number of ether oxygens (including phenoxy) is 2. The van der Waals surface area contributed by atoms with Crippen molar-refractivity contribution in [2.24, 2.45) is 0 Å². The minimum atomic E-state index is -0.506. The molecule has 1 aromatic heterocycles. The highest BCUT2D eigenvalue weighted by molar-refractivity contribution is 6.00. The molecule has 2 aromatic carbocycles. The smallest absolute Gasteiger partial charge is 0.273 e. The number of methoxy groups -OCH3 is 2. The van der Waals surface area contributed by atoms with Crippen molar-refractivity contribution in [3.63, 3.8) is 0 Å². The van der Waals surface area contributed by atoms with E-state index in [9.17, 15) is 4.79 Å². The average Bonchev–Trinajstić information content (AvgIpc) is 3.32. The van der Waals surface area contributed by atoms with Gasteiger partial charge in [-0.1, -0.05) is 61.5 Å². The van der Waals surface area contributed by atoms with Crippen LogP contribution in [-0.2, 0) is 15.9 Å². The molecule has 0 saturated heterocycles. The third kappa shape index (κ3) is 3.45. The molecule has 6 nitrogen and oxygen atoms in total. The standard InChI is InChI=1S/C23H25N3O3/c1-4-15-10-12-17(13-11-15)22-19-20(16-8-6-5-7-9-16)24-25-21(19)23(27)26(22)14-18(28-2)29-3/h5-13,18,22H,4,14H2,1-3H3,(H,24,25). The van der Waals surface area contributed by atoms with Crippen molar-refractivity contribution >= 4 is 5.91 Å². The van der Waals surface area contributed by atoms with Gasteiger partial charge >= 0.3 is 0 Å². The molecule has 1 amide bonds. The lowest BCUT2D eigenvalue weighted by molar-refractivity contribution is -0.113. The van der Waals surface area contributed by atoms with Crippen molar-refractivity contribution < 1.29 is 14.3 Å². The van der Waals surface area contributed by atoms with E-state index in [0.29, 0.717) is 12.2 Å². The predicted octanol–water partition coefficient (Wildman–Crippen LogP) is 3.80. The van der Waals surface area contributed by atoms with Gasteiger partial charge in [0, 0.05) is 25.3 Å². The van der Waals surface area contributed by atoms with Crippen LogP contribution in [0.3, 0.4) is 0 Å². The predicted molar refractivity (Wildman–Crippen MR) is 111 cm³/mol. The van der Waals surface area contributed by atoms with Crippen molar-refractivity contribution in [2.75, 3.05) is 20.8 Å². The van der Waals surface area contributed by atoms with E-state index in [1.807, 2.05) is 30.3 Å². The van der Waals surface area contributed by atoms with E-state index in [-0.39, 0.29) is 11.9 Å². The molecule has 0 spiro atoms. The number of rotatable bonds is 7. The molecule has 4 rings (SSSR count). The van der Waals surface area contributed by atoms with Gasteiger partial charge in [0.15, 0.2) is 6.29 Å². The lowest BCUT2D eigenvalue weighted by atomic mass is 9.95. The van der Waals surface area contributed by atoms with Crippen molar-refractivity contribution in [1.82, 2.24) is 15.1 Å². The zero-order valence-electron chi connectivity index (χ0n) is 16.9. The number of fused-ring (bicyclic) bond motifs is 1. The highest BCUT2D eigenvalue weighted by Gasteiger charge is 2.43. The maximum atomic E-state index is 13.3. The normalized spacial score (nSPS) is 15.9. The van der Waals surface area contributed by atoms with Crippen LogP contribution in [0.1, 0.15) is 40.1 Å². The number of hydrogen-bond acceptors (Lipinski definition) is 4. The Morgan fingerprint density at radius 2 is 1.76 bits per heavy atom. The highest BCUT2D eigenvalue weighted by Crippen LogP contribution is 2.42. The van der Waals surface area contributed by atoms with Crippen molar-refractivity contribution in [2.45, 2.75) is 25.7 Å². The van der Waals surface area contributed by atoms with Crippen LogP contribution in [0.4, 0.5) is 0 Å². The van der Waals surface area contributed by atoms with Crippen LogP contribution in [0.15, 0.2) is 54.6 Å². The molecular weight excluding hydrogens is 366 g/mol. The zero-order chi connectivity index (χ0) is 20.4. The summed E-state index contributed by atoms with van der Waals surface area (Å²) >= 11 is 0. The number of aryl methyl sites for hydroxylation is 1. The van der Waals surface area contributed by atoms with Crippen molar-refractivity contribution in [3.8, 4) is 11.3 Å². The molecule has 3 aromatic rings. The van der Waals surface area contributed by atoms with Crippen molar-refractivity contribution in [3.05, 3.63) is 77.0 Å². The van der Waals surface area contributed by atoms with E-state index in [4.69, 9.17) is 9.47 Å². The maximum Gasteiger partial charge on any atom is 0.273 e. The van der Waals surface area contributed by atoms with Crippen LogP contribution in [0, 0.1) is 0 Å². The fraction of sp³-hybridized carbons (Fsp3) is 0.304. The molecule has 1 aliphatic heterocycles. The Kier molecular flexibility index (Phi) is 5.47. The SMILES string of the molecule is CCc1ccc(C2c3c(-c4ccccc4)n[nH]c3C(=O)N2CC(OC)OC)cc1. The van der Waals surface area contributed by atoms with Gasteiger partial charge in [0.05, 0.1) is 18.3 Å². The summed E-state index contributed by atoms with van der Waals surface area (Å²) in [6, 6.07) is 18.1. The fourth-order valence-electron chi connectivity index (χ4n) is 3.89. The lowest BCUT2D eigenvalue weighted by Crippen LogP contribution is -2.38. The molecule has 29 heavy (non-hydrogen) atoms. The van der Waals surface area contributed by atoms with E-state index >= 15 is 0 Å². The molecular formula is C23H25N3O3. The first kappa shape index (κ1) is 19.4. The van der Waals surface area contributed by atoms with E-state index in [1.165, 1.54) is 5.56 Å². The summed E-state index contributed by atoms with van der Waals surface area (Å²) < 4.78 is 10.8. The minimum Gasteiger partial charge on any atom is -0.354 e. The molecule has 0 radical (unpaired) electrons. The van der Waals surface area contributed by atoms with Crippen LogP contribution >= 0.6 is 0 Å². The van der Waals surface area contributed by atoms with Gasteiger partial charge in [-0.2, -0.15) is 5.10 Å². The highest BCUT2D eigenvalue weighted by atomic mass is 16.7. The minimum absolute atomic E-state index is 0.0988. The Balaban J connectivity index is 1.83. The topological polar surface area (TPSA) is 67.5 Å². The molecule has 0 saturated carbocycles. The lowest BCUT2D eigenvalue weighted by Gasteiger charge is -2.29. The molecule has 0 aliphatic carbocycles. The Hall–Kier alpha value is -2.96. The second-order valence-electron chi connectivity index (χ2n) is 7.08. The second kappa shape index (κ2) is 8.19. The summed E-state index contributed by atoms with van der Waals surface area (Å²) in [5.74, 6) is -0.0988. The van der Waals surface area contributed by atoms with Gasteiger partial charge in [-0.25, -0.2) is 0 Å². The van der Waals surface area contributed by atoms with Gasteiger partial charge in [-0.15, -0.1) is 0 Å². The molecule has 1 aliphatic rings. The first-order valence-corrected chi connectivity index (χ1v) is 9.77. The monoisotopic (exact) mass is 391 g/mol. The number of aromatic amines is 1. The Morgan fingerprint density at radius 1 is 1.07 bits per heavy atom. The average molecular weight is 391 g/mol. The summed E-state index contributed by atoms with van der Waals surface area (Å²) in [6.45, 7) is 2.45. The van der Waals surface area contributed by atoms with Crippen LogP contribution in [0.25, 0.3) is 11.3 Å². The maximum absolute atomic E-state index is 13.3. The van der Waals surface area contributed by atoms with E-state index in [0.717, 1.165) is 28.8 Å². The van der Waals surface area contributed by atoms with Crippen molar-refractivity contribution in [1.29, 1.82) is 0 Å². The number of nitrogens with one attached hydrogen (secondary N) is 1. The molecule has 0 fully saturated rings. The van der Waals surface area contributed by atoms with E-state index in [2.05, 4.69) is 41.4 Å². The quantitative estimate of drug-likeness (QED) is 0.622. The Morgan fingerprint density at radius 3 is 2.38 bits per heavy atom. The number of aromatic nitrogens is 2. The van der Waals surface area contributed by atoms with Gasteiger partial charge in [-0.3, -0.25) is 9.89 Å². The van der Waals surface area contributed by atoms with Gasteiger partial charge in [-0.05, 0) is 17.5 Å². The molecule has 1 atom stereocenters. The molecule has 1 unspecified atom stereocenters. The summed E-state index contributed by atoms with van der Waals surface area (Å²) in [5, 5.41) is 7.46. The molecule has 1 N–H and O–H groups in total. The van der Waals surface area contributed by atoms with E-state index in [1.54, 1.807) is 19.1 Å². The largest absolute Gasteiger partial charge is 0.354 e.